The number of hydrogen-bond acceptors (Lipinski definition) is 2. The number of rotatable bonds is 1. The SMILES string of the molecule is N#CC1(c2ccc(Br)cn2)CCC1. The number of pyridine rings is 1. The van der Waals surface area contributed by atoms with Crippen molar-refractivity contribution in [2.75, 3.05) is 0 Å². The van der Waals surface area contributed by atoms with E-state index in [2.05, 4.69) is 27.0 Å². The third-order valence-corrected chi connectivity index (χ3v) is 3.11. The molecule has 0 radical (unpaired) electrons. The minimum atomic E-state index is -0.277. The largest absolute Gasteiger partial charge is 0.258 e. The van der Waals surface area contributed by atoms with Gasteiger partial charge in [0, 0.05) is 10.7 Å². The molecule has 0 aromatic carbocycles. The van der Waals surface area contributed by atoms with Crippen LogP contribution in [0.1, 0.15) is 25.0 Å². The Bertz CT molecular complexity index is 346. The smallest absolute Gasteiger partial charge is 0.0993 e. The van der Waals surface area contributed by atoms with E-state index >= 15 is 0 Å². The fourth-order valence-corrected chi connectivity index (χ4v) is 1.85. The van der Waals surface area contributed by atoms with Crippen LogP contribution in [0.2, 0.25) is 0 Å². The molecular formula is C10H9BrN2. The van der Waals surface area contributed by atoms with E-state index in [9.17, 15) is 0 Å². The summed E-state index contributed by atoms with van der Waals surface area (Å²) in [5.41, 5.74) is 0.644. The van der Waals surface area contributed by atoms with E-state index in [4.69, 9.17) is 5.26 Å². The normalized spacial score (nSPS) is 18.8. The molecule has 0 saturated heterocycles. The molecular weight excluding hydrogens is 228 g/mol. The second kappa shape index (κ2) is 3.12. The Kier molecular flexibility index (Phi) is 2.09. The molecule has 1 aromatic heterocycles. The lowest BCUT2D eigenvalue weighted by molar-refractivity contribution is 0.316. The molecule has 1 fully saturated rings. The maximum atomic E-state index is 9.06. The van der Waals surface area contributed by atoms with Crippen molar-refractivity contribution in [3.05, 3.63) is 28.5 Å². The van der Waals surface area contributed by atoms with E-state index in [0.717, 1.165) is 29.4 Å². The van der Waals surface area contributed by atoms with Crippen molar-refractivity contribution < 1.29 is 0 Å². The summed E-state index contributed by atoms with van der Waals surface area (Å²) < 4.78 is 0.962. The molecule has 0 bridgehead atoms. The van der Waals surface area contributed by atoms with Crippen LogP contribution in [0.15, 0.2) is 22.8 Å². The number of hydrogen-bond donors (Lipinski definition) is 0. The molecule has 13 heavy (non-hydrogen) atoms. The van der Waals surface area contributed by atoms with Gasteiger partial charge in [0.15, 0.2) is 0 Å². The Labute approximate surface area is 85.7 Å². The average Bonchev–Trinajstić information content (AvgIpc) is 2.07. The molecule has 0 amide bonds. The number of nitriles is 1. The fourth-order valence-electron chi connectivity index (χ4n) is 1.61. The average molecular weight is 237 g/mol. The fraction of sp³-hybridized carbons (Fsp3) is 0.400. The standard InChI is InChI=1S/C10H9BrN2/c11-8-2-3-9(13-6-8)10(7-12)4-1-5-10/h2-3,6H,1,4-5H2. The predicted octanol–water partition coefficient (Wildman–Crippen LogP) is 2.79. The van der Waals surface area contributed by atoms with E-state index < -0.39 is 0 Å². The summed E-state index contributed by atoms with van der Waals surface area (Å²) in [4.78, 5) is 4.27. The second-order valence-corrected chi connectivity index (χ2v) is 4.32. The highest BCUT2D eigenvalue weighted by Gasteiger charge is 2.40. The van der Waals surface area contributed by atoms with E-state index in [-0.39, 0.29) is 5.41 Å². The first kappa shape index (κ1) is 8.71. The van der Waals surface area contributed by atoms with Gasteiger partial charge in [-0.3, -0.25) is 4.98 Å². The lowest BCUT2D eigenvalue weighted by Gasteiger charge is -2.34. The number of halogens is 1. The number of aromatic nitrogens is 1. The molecule has 2 nitrogen and oxygen atoms in total. The zero-order chi connectivity index (χ0) is 9.31. The third-order valence-electron chi connectivity index (χ3n) is 2.64. The lowest BCUT2D eigenvalue weighted by Crippen LogP contribution is -2.33. The van der Waals surface area contributed by atoms with Gasteiger partial charge in [0.25, 0.3) is 0 Å². The highest BCUT2D eigenvalue weighted by Crippen LogP contribution is 2.42. The van der Waals surface area contributed by atoms with Crippen molar-refractivity contribution in [1.82, 2.24) is 4.98 Å². The van der Waals surface area contributed by atoms with Crippen LogP contribution in [0, 0.1) is 11.3 Å². The molecule has 2 rings (SSSR count). The summed E-state index contributed by atoms with van der Waals surface area (Å²) >= 11 is 3.33. The zero-order valence-electron chi connectivity index (χ0n) is 7.13. The van der Waals surface area contributed by atoms with E-state index in [0.29, 0.717) is 0 Å². The maximum absolute atomic E-state index is 9.06. The van der Waals surface area contributed by atoms with Gasteiger partial charge in [-0.1, -0.05) is 0 Å². The van der Waals surface area contributed by atoms with Gasteiger partial charge in [0.1, 0.15) is 0 Å². The Balaban J connectivity index is 2.35. The molecule has 0 spiro atoms. The van der Waals surface area contributed by atoms with Gasteiger partial charge in [-0.25, -0.2) is 0 Å². The monoisotopic (exact) mass is 236 g/mol. The van der Waals surface area contributed by atoms with Crippen LogP contribution in [-0.4, -0.2) is 4.98 Å². The van der Waals surface area contributed by atoms with Crippen molar-refractivity contribution in [3.8, 4) is 6.07 Å². The molecule has 1 aromatic rings. The summed E-state index contributed by atoms with van der Waals surface area (Å²) in [7, 11) is 0. The summed E-state index contributed by atoms with van der Waals surface area (Å²) in [6.07, 6.45) is 4.81. The molecule has 66 valence electrons. The van der Waals surface area contributed by atoms with Crippen LogP contribution < -0.4 is 0 Å². The van der Waals surface area contributed by atoms with Gasteiger partial charge in [0.2, 0.25) is 0 Å². The molecule has 3 heteroatoms. The van der Waals surface area contributed by atoms with Crippen molar-refractivity contribution in [1.29, 1.82) is 5.26 Å². The zero-order valence-corrected chi connectivity index (χ0v) is 8.71. The molecule has 1 aliphatic carbocycles. The Morgan fingerprint density at radius 1 is 1.46 bits per heavy atom. The van der Waals surface area contributed by atoms with Crippen LogP contribution in [0.4, 0.5) is 0 Å². The van der Waals surface area contributed by atoms with E-state index in [1.165, 1.54) is 0 Å². The maximum Gasteiger partial charge on any atom is 0.0993 e. The molecule has 0 aliphatic heterocycles. The van der Waals surface area contributed by atoms with E-state index in [1.54, 1.807) is 6.20 Å². The summed E-state index contributed by atoms with van der Waals surface area (Å²) in [5.74, 6) is 0. The van der Waals surface area contributed by atoms with Gasteiger partial charge >= 0.3 is 0 Å². The molecule has 1 saturated carbocycles. The summed E-state index contributed by atoms with van der Waals surface area (Å²) in [6, 6.07) is 6.25. The van der Waals surface area contributed by atoms with Crippen LogP contribution in [-0.2, 0) is 5.41 Å². The Morgan fingerprint density at radius 3 is 2.62 bits per heavy atom. The predicted molar refractivity (Wildman–Crippen MR) is 53.1 cm³/mol. The third kappa shape index (κ3) is 1.36. The van der Waals surface area contributed by atoms with Crippen molar-refractivity contribution >= 4 is 15.9 Å². The van der Waals surface area contributed by atoms with Crippen LogP contribution in [0.3, 0.4) is 0 Å². The highest BCUT2D eigenvalue weighted by atomic mass is 79.9. The first-order valence-corrected chi connectivity index (χ1v) is 5.09. The van der Waals surface area contributed by atoms with E-state index in [1.807, 2.05) is 12.1 Å². The number of nitrogens with zero attached hydrogens (tertiary/aromatic N) is 2. The minimum absolute atomic E-state index is 0.277. The quantitative estimate of drug-likeness (QED) is 0.752. The van der Waals surface area contributed by atoms with Gasteiger partial charge in [-0.05, 0) is 47.3 Å². The van der Waals surface area contributed by atoms with Crippen molar-refractivity contribution in [2.24, 2.45) is 0 Å². The molecule has 1 heterocycles. The lowest BCUT2D eigenvalue weighted by atomic mass is 9.67. The van der Waals surface area contributed by atoms with Crippen molar-refractivity contribution in [3.63, 3.8) is 0 Å². The van der Waals surface area contributed by atoms with Crippen molar-refractivity contribution in [2.45, 2.75) is 24.7 Å². The van der Waals surface area contributed by atoms with Crippen LogP contribution in [0.5, 0.6) is 0 Å². The van der Waals surface area contributed by atoms with Gasteiger partial charge in [0.05, 0.1) is 17.2 Å². The highest BCUT2D eigenvalue weighted by molar-refractivity contribution is 9.10. The topological polar surface area (TPSA) is 36.7 Å². The van der Waals surface area contributed by atoms with Gasteiger partial charge in [-0.15, -0.1) is 0 Å². The minimum Gasteiger partial charge on any atom is -0.258 e. The molecule has 0 unspecified atom stereocenters. The molecule has 0 N–H and O–H groups in total. The Morgan fingerprint density at radius 2 is 2.23 bits per heavy atom. The Hall–Kier alpha value is -0.880. The summed E-state index contributed by atoms with van der Waals surface area (Å²) in [6.45, 7) is 0. The molecule has 1 aliphatic rings. The first-order valence-electron chi connectivity index (χ1n) is 4.30. The van der Waals surface area contributed by atoms with Gasteiger partial charge < -0.3 is 0 Å². The first-order chi connectivity index (χ1) is 6.27. The molecule has 0 atom stereocenters. The second-order valence-electron chi connectivity index (χ2n) is 3.41. The summed E-state index contributed by atoms with van der Waals surface area (Å²) in [5, 5.41) is 9.06. The van der Waals surface area contributed by atoms with Crippen LogP contribution >= 0.6 is 15.9 Å². The van der Waals surface area contributed by atoms with Crippen LogP contribution in [0.25, 0.3) is 0 Å². The van der Waals surface area contributed by atoms with Gasteiger partial charge in [-0.2, -0.15) is 5.26 Å².